The monoisotopic (exact) mass is 231 g/mol. The van der Waals surface area contributed by atoms with Crippen LogP contribution in [0, 0.1) is 11.8 Å². The Hall–Kier alpha value is -0.820. The molecule has 1 aromatic carbocycles. The van der Waals surface area contributed by atoms with Crippen LogP contribution in [0.25, 0.3) is 0 Å². The lowest BCUT2D eigenvalue weighted by molar-refractivity contribution is 0.323. The maximum atomic E-state index is 3.88. The van der Waals surface area contributed by atoms with Crippen LogP contribution < -0.4 is 5.32 Å². The topological polar surface area (TPSA) is 12.0 Å². The maximum Gasteiger partial charge on any atom is 0.0345 e. The predicted molar refractivity (Wildman–Crippen MR) is 74.0 cm³/mol. The normalized spacial score (nSPS) is 26.4. The van der Waals surface area contributed by atoms with Gasteiger partial charge in [0, 0.05) is 12.1 Å². The van der Waals surface area contributed by atoms with Crippen molar-refractivity contribution in [1.29, 1.82) is 0 Å². The van der Waals surface area contributed by atoms with Crippen molar-refractivity contribution >= 4 is 0 Å². The number of rotatable bonds is 4. The molecular formula is C16H25N. The summed E-state index contributed by atoms with van der Waals surface area (Å²) in [4.78, 5) is 0. The first-order valence-electron chi connectivity index (χ1n) is 6.99. The number of nitrogens with one attached hydrogen (secondary N) is 1. The first kappa shape index (κ1) is 12.6. The van der Waals surface area contributed by atoms with Crippen LogP contribution in [-0.2, 0) is 0 Å². The van der Waals surface area contributed by atoms with E-state index in [1.54, 1.807) is 0 Å². The number of hydrogen-bond donors (Lipinski definition) is 1. The highest BCUT2D eigenvalue weighted by Gasteiger charge is 2.27. The molecule has 0 aromatic heterocycles. The first-order chi connectivity index (χ1) is 8.18. The lowest BCUT2D eigenvalue weighted by Gasteiger charge is -2.29. The second kappa shape index (κ2) is 5.68. The molecule has 3 atom stereocenters. The Morgan fingerprint density at radius 1 is 1.12 bits per heavy atom. The Labute approximate surface area is 106 Å². The molecule has 0 radical (unpaired) electrons. The van der Waals surface area contributed by atoms with Crippen molar-refractivity contribution < 1.29 is 0 Å². The van der Waals surface area contributed by atoms with Gasteiger partial charge in [0.1, 0.15) is 0 Å². The van der Waals surface area contributed by atoms with Gasteiger partial charge in [-0.05, 0) is 30.2 Å². The van der Waals surface area contributed by atoms with E-state index in [2.05, 4.69) is 56.4 Å². The van der Waals surface area contributed by atoms with Gasteiger partial charge in [-0.2, -0.15) is 0 Å². The fourth-order valence-corrected chi connectivity index (χ4v) is 2.96. The van der Waals surface area contributed by atoms with Gasteiger partial charge in [0.05, 0.1) is 0 Å². The quantitative estimate of drug-likeness (QED) is 0.820. The Bertz CT molecular complexity index is 331. The van der Waals surface area contributed by atoms with Crippen LogP contribution in [0.1, 0.15) is 51.6 Å². The molecule has 1 nitrogen and oxygen atoms in total. The molecule has 2 rings (SSSR count). The van der Waals surface area contributed by atoms with Crippen LogP contribution in [0.4, 0.5) is 0 Å². The van der Waals surface area contributed by atoms with E-state index in [1.165, 1.54) is 24.8 Å². The highest BCUT2D eigenvalue weighted by atomic mass is 15.0. The zero-order valence-corrected chi connectivity index (χ0v) is 11.3. The molecule has 17 heavy (non-hydrogen) atoms. The van der Waals surface area contributed by atoms with Crippen molar-refractivity contribution in [2.75, 3.05) is 0 Å². The maximum absolute atomic E-state index is 3.88. The molecule has 1 aliphatic rings. The highest BCUT2D eigenvalue weighted by Crippen LogP contribution is 2.30. The molecule has 0 bridgehead atoms. The molecule has 1 aromatic rings. The molecule has 1 fully saturated rings. The standard InChI is InChI=1S/C16H25N/c1-12(2)16(14-9-5-4-6-10-14)17-15-11-7-8-13(15)3/h4-6,9-10,12-13,15-17H,7-8,11H2,1-3H3. The molecule has 0 spiro atoms. The summed E-state index contributed by atoms with van der Waals surface area (Å²) in [7, 11) is 0. The molecule has 94 valence electrons. The van der Waals surface area contributed by atoms with Gasteiger partial charge < -0.3 is 5.32 Å². The van der Waals surface area contributed by atoms with Crippen molar-refractivity contribution in [1.82, 2.24) is 5.32 Å². The third-order valence-electron chi connectivity index (χ3n) is 4.08. The third-order valence-corrected chi connectivity index (χ3v) is 4.08. The molecule has 1 heteroatoms. The van der Waals surface area contributed by atoms with Gasteiger partial charge in [0.15, 0.2) is 0 Å². The van der Waals surface area contributed by atoms with Crippen LogP contribution in [-0.4, -0.2) is 6.04 Å². The summed E-state index contributed by atoms with van der Waals surface area (Å²) in [5.74, 6) is 1.48. The summed E-state index contributed by atoms with van der Waals surface area (Å²) in [6, 6.07) is 12.1. The van der Waals surface area contributed by atoms with Gasteiger partial charge in [0.25, 0.3) is 0 Å². The summed E-state index contributed by atoms with van der Waals surface area (Å²) in [6.45, 7) is 7.00. The minimum Gasteiger partial charge on any atom is -0.307 e. The van der Waals surface area contributed by atoms with Crippen molar-refractivity contribution in [2.45, 2.75) is 52.1 Å². The fourth-order valence-electron chi connectivity index (χ4n) is 2.96. The average molecular weight is 231 g/mol. The first-order valence-corrected chi connectivity index (χ1v) is 6.99. The Morgan fingerprint density at radius 2 is 1.82 bits per heavy atom. The molecule has 0 saturated heterocycles. The van der Waals surface area contributed by atoms with Crippen molar-refractivity contribution in [3.63, 3.8) is 0 Å². The average Bonchev–Trinajstić information content (AvgIpc) is 2.72. The Morgan fingerprint density at radius 3 is 2.35 bits per heavy atom. The molecule has 0 heterocycles. The van der Waals surface area contributed by atoms with Crippen molar-refractivity contribution in [2.24, 2.45) is 11.8 Å². The van der Waals surface area contributed by atoms with E-state index >= 15 is 0 Å². The number of hydrogen-bond acceptors (Lipinski definition) is 1. The van der Waals surface area contributed by atoms with E-state index in [1.807, 2.05) is 0 Å². The van der Waals surface area contributed by atoms with Gasteiger partial charge in [-0.25, -0.2) is 0 Å². The summed E-state index contributed by atoms with van der Waals surface area (Å²) in [5, 5.41) is 3.88. The molecule has 1 saturated carbocycles. The van der Waals surface area contributed by atoms with Gasteiger partial charge in [-0.1, -0.05) is 57.5 Å². The van der Waals surface area contributed by atoms with E-state index in [0.717, 1.165) is 5.92 Å². The largest absolute Gasteiger partial charge is 0.307 e. The van der Waals surface area contributed by atoms with E-state index in [9.17, 15) is 0 Å². The van der Waals surface area contributed by atoms with Crippen molar-refractivity contribution in [3.8, 4) is 0 Å². The fraction of sp³-hybridized carbons (Fsp3) is 0.625. The van der Waals surface area contributed by atoms with Crippen LogP contribution in [0.5, 0.6) is 0 Å². The summed E-state index contributed by atoms with van der Waals surface area (Å²) in [6.07, 6.45) is 4.12. The second-order valence-corrected chi connectivity index (χ2v) is 5.81. The number of benzene rings is 1. The van der Waals surface area contributed by atoms with Crippen LogP contribution in [0.2, 0.25) is 0 Å². The zero-order valence-electron chi connectivity index (χ0n) is 11.3. The van der Waals surface area contributed by atoms with Gasteiger partial charge in [-0.15, -0.1) is 0 Å². The summed E-state index contributed by atoms with van der Waals surface area (Å²) in [5.41, 5.74) is 1.43. The predicted octanol–water partition coefficient (Wildman–Crippen LogP) is 4.16. The van der Waals surface area contributed by atoms with Crippen LogP contribution >= 0.6 is 0 Å². The van der Waals surface area contributed by atoms with Gasteiger partial charge in [0.2, 0.25) is 0 Å². The molecule has 0 aliphatic heterocycles. The van der Waals surface area contributed by atoms with E-state index in [-0.39, 0.29) is 0 Å². The molecule has 1 aliphatic carbocycles. The van der Waals surface area contributed by atoms with Gasteiger partial charge >= 0.3 is 0 Å². The van der Waals surface area contributed by atoms with E-state index < -0.39 is 0 Å². The SMILES string of the molecule is CC(C)C(NC1CCCC1C)c1ccccc1. The summed E-state index contributed by atoms with van der Waals surface area (Å²) >= 11 is 0. The van der Waals surface area contributed by atoms with E-state index in [0.29, 0.717) is 18.0 Å². The second-order valence-electron chi connectivity index (χ2n) is 5.81. The zero-order chi connectivity index (χ0) is 12.3. The van der Waals surface area contributed by atoms with Crippen LogP contribution in [0.3, 0.4) is 0 Å². The molecule has 1 N–H and O–H groups in total. The van der Waals surface area contributed by atoms with E-state index in [4.69, 9.17) is 0 Å². The molecule has 0 amide bonds. The Kier molecular flexibility index (Phi) is 4.22. The molecular weight excluding hydrogens is 206 g/mol. The third kappa shape index (κ3) is 3.10. The minimum absolute atomic E-state index is 0.502. The lowest BCUT2D eigenvalue weighted by atomic mass is 9.94. The van der Waals surface area contributed by atoms with Gasteiger partial charge in [-0.3, -0.25) is 0 Å². The lowest BCUT2D eigenvalue weighted by Crippen LogP contribution is -2.36. The van der Waals surface area contributed by atoms with Crippen LogP contribution in [0.15, 0.2) is 30.3 Å². The Balaban J connectivity index is 2.08. The molecule has 3 unspecified atom stereocenters. The summed E-state index contributed by atoms with van der Waals surface area (Å²) < 4.78 is 0. The highest BCUT2D eigenvalue weighted by molar-refractivity contribution is 5.19. The smallest absolute Gasteiger partial charge is 0.0345 e. The van der Waals surface area contributed by atoms with Crippen molar-refractivity contribution in [3.05, 3.63) is 35.9 Å². The minimum atomic E-state index is 0.502.